The van der Waals surface area contributed by atoms with Crippen molar-refractivity contribution in [3.05, 3.63) is 42.4 Å². The minimum atomic E-state index is -1.71. The number of hydrogen-bond donors (Lipinski definition) is 1. The number of nitrogens with two attached hydrogens (primary N) is 1. The van der Waals surface area contributed by atoms with Crippen LogP contribution in [-0.4, -0.2) is 29.5 Å². The van der Waals surface area contributed by atoms with Gasteiger partial charge in [-0.25, -0.2) is 9.97 Å². The molecule has 5 nitrogen and oxygen atoms in total. The van der Waals surface area contributed by atoms with Crippen LogP contribution in [0, 0.1) is 6.92 Å². The molecule has 2 aromatic heterocycles. The molecular formula is C22H32N4OSi. The van der Waals surface area contributed by atoms with Crippen molar-refractivity contribution in [2.24, 2.45) is 0 Å². The Bertz CT molecular complexity index is 955. The highest BCUT2D eigenvalue weighted by Gasteiger charge is 2.36. The summed E-state index contributed by atoms with van der Waals surface area (Å²) < 4.78 is 8.50. The van der Waals surface area contributed by atoms with Crippen molar-refractivity contribution in [1.29, 1.82) is 0 Å². The smallest absolute Gasteiger partial charge is 0.191 e. The molecule has 0 atom stereocenters. The van der Waals surface area contributed by atoms with E-state index in [2.05, 4.69) is 85.8 Å². The number of nitrogen functional groups attached to an aromatic ring is 1. The lowest BCUT2D eigenvalue weighted by Gasteiger charge is -2.36. The second kappa shape index (κ2) is 7.68. The molecule has 0 spiro atoms. The number of benzene rings is 1. The lowest BCUT2D eigenvalue weighted by molar-refractivity contribution is 0.275. The van der Waals surface area contributed by atoms with Crippen molar-refractivity contribution in [2.45, 2.75) is 58.8 Å². The van der Waals surface area contributed by atoms with E-state index in [0.29, 0.717) is 5.82 Å². The minimum Gasteiger partial charge on any atom is -0.417 e. The Hall–Kier alpha value is -2.18. The van der Waals surface area contributed by atoms with Crippen molar-refractivity contribution in [3.63, 3.8) is 0 Å². The Labute approximate surface area is 169 Å². The van der Waals surface area contributed by atoms with E-state index in [-0.39, 0.29) is 5.04 Å². The number of nitrogens with zero attached hydrogens (tertiary/aromatic N) is 3. The predicted molar refractivity (Wildman–Crippen MR) is 120 cm³/mol. The van der Waals surface area contributed by atoms with Crippen LogP contribution < -0.4 is 5.73 Å². The normalized spacial score (nSPS) is 12.6. The maximum Gasteiger partial charge on any atom is 0.191 e. The van der Waals surface area contributed by atoms with Gasteiger partial charge in [-0.2, -0.15) is 0 Å². The quantitative estimate of drug-likeness (QED) is 0.447. The number of anilines is 1. The zero-order chi connectivity index (χ0) is 20.5. The van der Waals surface area contributed by atoms with Crippen LogP contribution in [0.15, 0.2) is 36.8 Å². The summed E-state index contributed by atoms with van der Waals surface area (Å²) in [5.74, 6) is 0.525. The Morgan fingerprint density at radius 3 is 2.43 bits per heavy atom. The van der Waals surface area contributed by atoms with Crippen LogP contribution in [0.2, 0.25) is 18.1 Å². The molecule has 3 aromatic rings. The average Bonchev–Trinajstić information content (AvgIpc) is 2.98. The molecule has 0 aliphatic carbocycles. The summed E-state index contributed by atoms with van der Waals surface area (Å²) in [6.07, 6.45) is 4.62. The lowest BCUT2D eigenvalue weighted by Crippen LogP contribution is -2.41. The molecule has 0 radical (unpaired) electrons. The molecule has 0 saturated carbocycles. The zero-order valence-electron chi connectivity index (χ0n) is 17.9. The van der Waals surface area contributed by atoms with Gasteiger partial charge >= 0.3 is 0 Å². The maximum atomic E-state index is 6.32. The third kappa shape index (κ3) is 4.13. The van der Waals surface area contributed by atoms with Crippen LogP contribution in [0.4, 0.5) is 5.82 Å². The number of aryl methyl sites for hydroxylation is 2. The van der Waals surface area contributed by atoms with Gasteiger partial charge in [0, 0.05) is 24.9 Å². The highest BCUT2D eigenvalue weighted by atomic mass is 28.4. The molecule has 150 valence electrons. The molecule has 6 heteroatoms. The molecule has 3 rings (SSSR count). The van der Waals surface area contributed by atoms with Gasteiger partial charge in [-0.3, -0.25) is 0 Å². The van der Waals surface area contributed by atoms with Crippen LogP contribution in [0.1, 0.15) is 32.8 Å². The van der Waals surface area contributed by atoms with Crippen LogP contribution in [-0.2, 0) is 11.0 Å². The van der Waals surface area contributed by atoms with Gasteiger partial charge in [-0.1, -0.05) is 50.6 Å². The summed E-state index contributed by atoms with van der Waals surface area (Å²) in [7, 11) is -1.71. The van der Waals surface area contributed by atoms with Crippen LogP contribution in [0.25, 0.3) is 22.2 Å². The minimum absolute atomic E-state index is 0.230. The molecule has 0 bridgehead atoms. The fourth-order valence-corrected chi connectivity index (χ4v) is 4.14. The van der Waals surface area contributed by atoms with E-state index in [1.807, 2.05) is 0 Å². The van der Waals surface area contributed by atoms with E-state index in [1.165, 1.54) is 5.56 Å². The Morgan fingerprint density at radius 2 is 1.79 bits per heavy atom. The third-order valence-corrected chi connectivity index (χ3v) is 10.4. The molecule has 0 aliphatic rings. The predicted octanol–water partition coefficient (Wildman–Crippen LogP) is 5.40. The van der Waals surface area contributed by atoms with Crippen LogP contribution in [0.3, 0.4) is 0 Å². The fourth-order valence-electron chi connectivity index (χ4n) is 3.05. The summed E-state index contributed by atoms with van der Waals surface area (Å²) in [5, 5.41) is 1.16. The van der Waals surface area contributed by atoms with Gasteiger partial charge in [0.25, 0.3) is 0 Å². The summed E-state index contributed by atoms with van der Waals surface area (Å²) in [6.45, 7) is 15.1. The Morgan fingerprint density at radius 1 is 1.11 bits per heavy atom. The molecule has 2 N–H and O–H groups in total. The lowest BCUT2D eigenvalue weighted by atomic mass is 10.0. The van der Waals surface area contributed by atoms with E-state index >= 15 is 0 Å². The molecule has 2 heterocycles. The van der Waals surface area contributed by atoms with Crippen molar-refractivity contribution in [2.75, 3.05) is 12.3 Å². The summed E-state index contributed by atoms with van der Waals surface area (Å²) in [6, 6.07) is 8.49. The first-order chi connectivity index (χ1) is 13.1. The second-order valence-electron chi connectivity index (χ2n) is 9.02. The average molecular weight is 397 g/mol. The number of fused-ring (bicyclic) bond motifs is 1. The SMILES string of the molecule is Cc1ccc(-c2cn(CCCO[Si](C)(C)C(C)(C)C)c3ncnc(N)c23)cc1. The summed E-state index contributed by atoms with van der Waals surface area (Å²) in [5.41, 5.74) is 10.5. The third-order valence-electron chi connectivity index (χ3n) is 5.86. The highest BCUT2D eigenvalue weighted by molar-refractivity contribution is 6.74. The van der Waals surface area contributed by atoms with Crippen LogP contribution in [0.5, 0.6) is 0 Å². The Kier molecular flexibility index (Phi) is 5.64. The summed E-state index contributed by atoms with van der Waals surface area (Å²) in [4.78, 5) is 8.73. The number of hydrogen-bond acceptors (Lipinski definition) is 4. The van der Waals surface area contributed by atoms with Gasteiger partial charge in [0.15, 0.2) is 8.32 Å². The number of rotatable bonds is 6. The first-order valence-electron chi connectivity index (χ1n) is 9.90. The van der Waals surface area contributed by atoms with Gasteiger partial charge in [0.2, 0.25) is 0 Å². The largest absolute Gasteiger partial charge is 0.417 e. The first-order valence-corrected chi connectivity index (χ1v) is 12.8. The molecule has 0 unspecified atom stereocenters. The van der Waals surface area contributed by atoms with Crippen LogP contribution >= 0.6 is 0 Å². The molecule has 0 fully saturated rings. The second-order valence-corrected chi connectivity index (χ2v) is 13.8. The molecule has 0 amide bonds. The van der Waals surface area contributed by atoms with E-state index < -0.39 is 8.32 Å². The van der Waals surface area contributed by atoms with Crippen molar-refractivity contribution in [1.82, 2.24) is 14.5 Å². The fraction of sp³-hybridized carbons (Fsp3) is 0.455. The molecule has 28 heavy (non-hydrogen) atoms. The maximum absolute atomic E-state index is 6.32. The van der Waals surface area contributed by atoms with Crippen molar-refractivity contribution < 1.29 is 4.43 Å². The van der Waals surface area contributed by atoms with Crippen molar-refractivity contribution in [3.8, 4) is 11.1 Å². The number of aromatic nitrogens is 3. The molecule has 0 saturated heterocycles. The Balaban J connectivity index is 1.83. The summed E-state index contributed by atoms with van der Waals surface area (Å²) >= 11 is 0. The van der Waals surface area contributed by atoms with E-state index in [1.54, 1.807) is 6.33 Å². The van der Waals surface area contributed by atoms with Gasteiger partial charge < -0.3 is 14.7 Å². The zero-order valence-corrected chi connectivity index (χ0v) is 18.9. The topological polar surface area (TPSA) is 66.0 Å². The van der Waals surface area contributed by atoms with Crippen molar-refractivity contribution >= 4 is 25.2 Å². The molecule has 0 aliphatic heterocycles. The van der Waals surface area contributed by atoms with E-state index in [0.717, 1.165) is 41.7 Å². The van der Waals surface area contributed by atoms with Gasteiger partial charge in [-0.15, -0.1) is 0 Å². The van der Waals surface area contributed by atoms with E-state index in [9.17, 15) is 0 Å². The van der Waals surface area contributed by atoms with Gasteiger partial charge in [-0.05, 0) is 37.0 Å². The highest BCUT2D eigenvalue weighted by Crippen LogP contribution is 2.37. The van der Waals surface area contributed by atoms with E-state index in [4.69, 9.17) is 10.2 Å². The standard InChI is InChI=1S/C22H32N4OSi/c1-16-8-10-17(11-9-16)18-14-26(21-19(18)20(23)24-15-25-21)12-7-13-27-28(5,6)22(2,3)4/h8-11,14-15H,7,12-13H2,1-6H3,(H2,23,24,25). The first kappa shape index (κ1) is 20.5. The monoisotopic (exact) mass is 396 g/mol. The van der Waals surface area contributed by atoms with Gasteiger partial charge in [0.05, 0.1) is 5.39 Å². The molecular weight excluding hydrogens is 364 g/mol. The molecule has 1 aromatic carbocycles. The van der Waals surface area contributed by atoms with Gasteiger partial charge in [0.1, 0.15) is 17.8 Å².